The lowest BCUT2D eigenvalue weighted by atomic mass is 10.1. The highest BCUT2D eigenvalue weighted by Gasteiger charge is 2.13. The highest BCUT2D eigenvalue weighted by Crippen LogP contribution is 2.13. The quantitative estimate of drug-likeness (QED) is 0.829. The second-order valence-corrected chi connectivity index (χ2v) is 6.74. The summed E-state index contributed by atoms with van der Waals surface area (Å²) >= 11 is 3.32. The van der Waals surface area contributed by atoms with Gasteiger partial charge in [0.05, 0.1) is 16.5 Å². The van der Waals surface area contributed by atoms with Gasteiger partial charge in [0.1, 0.15) is 0 Å². The van der Waals surface area contributed by atoms with Gasteiger partial charge < -0.3 is 0 Å². The zero-order valence-electron chi connectivity index (χ0n) is 11.1. The minimum Gasteiger partial charge on any atom is -0.207 e. The topological polar surface area (TPSA) is 70.0 Å². The number of hydrogen-bond donors (Lipinski definition) is 1. The largest absolute Gasteiger partial charge is 0.240 e. The Labute approximate surface area is 132 Å². The highest BCUT2D eigenvalue weighted by atomic mass is 79.9. The zero-order valence-corrected chi connectivity index (χ0v) is 13.5. The second-order valence-electron chi connectivity index (χ2n) is 4.41. The molecule has 0 spiro atoms. The van der Waals surface area contributed by atoms with Crippen molar-refractivity contribution in [3.05, 3.63) is 65.2 Å². The fourth-order valence-electron chi connectivity index (χ4n) is 1.77. The first-order valence-corrected chi connectivity index (χ1v) is 8.79. The van der Waals surface area contributed by atoms with E-state index in [9.17, 15) is 8.42 Å². The Morgan fingerprint density at radius 3 is 2.43 bits per heavy atom. The Hall–Kier alpha value is -1.68. The van der Waals surface area contributed by atoms with Gasteiger partial charge in [-0.3, -0.25) is 0 Å². The van der Waals surface area contributed by atoms with Crippen LogP contribution in [0.2, 0.25) is 0 Å². The van der Waals surface area contributed by atoms with Crippen molar-refractivity contribution in [3.8, 4) is 6.07 Å². The molecule has 0 saturated carbocycles. The third-order valence-corrected chi connectivity index (χ3v) is 4.97. The molecule has 4 nitrogen and oxygen atoms in total. The number of hydrogen-bond acceptors (Lipinski definition) is 3. The summed E-state index contributed by atoms with van der Waals surface area (Å²) in [5, 5.41) is 9.51. The maximum Gasteiger partial charge on any atom is 0.240 e. The molecule has 6 heteroatoms. The smallest absolute Gasteiger partial charge is 0.207 e. The number of nitrogens with one attached hydrogen (secondary N) is 1. The van der Waals surface area contributed by atoms with E-state index in [1.54, 1.807) is 48.5 Å². The molecule has 0 fully saturated rings. The van der Waals surface area contributed by atoms with E-state index in [0.29, 0.717) is 10.9 Å². The maximum absolute atomic E-state index is 12.2. The molecule has 0 saturated heterocycles. The van der Waals surface area contributed by atoms with E-state index < -0.39 is 10.0 Å². The van der Waals surface area contributed by atoms with Crippen molar-refractivity contribution in [1.29, 1.82) is 5.26 Å². The predicted molar refractivity (Wildman–Crippen MR) is 84.3 cm³/mol. The summed E-state index contributed by atoms with van der Waals surface area (Å²) in [7, 11) is -3.55. The number of halogens is 1. The molecule has 0 aliphatic carbocycles. The minimum atomic E-state index is -3.55. The van der Waals surface area contributed by atoms with E-state index in [2.05, 4.69) is 20.7 Å². The Kier molecular flexibility index (Phi) is 5.12. The molecule has 0 radical (unpaired) electrons. The van der Waals surface area contributed by atoms with Crippen molar-refractivity contribution in [3.63, 3.8) is 0 Å². The lowest BCUT2D eigenvalue weighted by molar-refractivity contribution is 0.581. The fraction of sp³-hybridized carbons (Fsp3) is 0.133. The maximum atomic E-state index is 12.2. The average molecular weight is 365 g/mol. The molecule has 1 N–H and O–H groups in total. The van der Waals surface area contributed by atoms with Crippen molar-refractivity contribution in [2.45, 2.75) is 16.8 Å². The van der Waals surface area contributed by atoms with Crippen LogP contribution in [0.15, 0.2) is 53.4 Å². The van der Waals surface area contributed by atoms with Crippen molar-refractivity contribution < 1.29 is 8.42 Å². The molecule has 0 amide bonds. The Balaban J connectivity index is 2.11. The first-order valence-electron chi connectivity index (χ1n) is 6.19. The van der Waals surface area contributed by atoms with Crippen LogP contribution in [0.5, 0.6) is 0 Å². The van der Waals surface area contributed by atoms with E-state index in [1.165, 1.54) is 0 Å². The summed E-state index contributed by atoms with van der Waals surface area (Å²) in [4.78, 5) is 0.226. The monoisotopic (exact) mass is 364 g/mol. The number of nitrogens with zero attached hydrogens (tertiary/aromatic N) is 1. The molecule has 2 aromatic rings. The molecule has 108 valence electrons. The Bertz CT molecular complexity index is 765. The van der Waals surface area contributed by atoms with Crippen molar-refractivity contribution in [1.82, 2.24) is 4.72 Å². The van der Waals surface area contributed by atoms with Crippen LogP contribution in [-0.2, 0) is 21.9 Å². The Morgan fingerprint density at radius 1 is 1.10 bits per heavy atom. The molecular weight excluding hydrogens is 352 g/mol. The van der Waals surface area contributed by atoms with E-state index in [4.69, 9.17) is 5.26 Å². The van der Waals surface area contributed by atoms with Gasteiger partial charge in [0, 0.05) is 11.9 Å². The number of sulfonamides is 1. The Morgan fingerprint density at radius 2 is 1.81 bits per heavy atom. The van der Waals surface area contributed by atoms with Crippen LogP contribution in [0.1, 0.15) is 16.7 Å². The molecular formula is C15H13BrN2O2S. The summed E-state index contributed by atoms with van der Waals surface area (Å²) in [5.74, 6) is 0. The molecule has 0 unspecified atom stereocenters. The van der Waals surface area contributed by atoms with Crippen LogP contribution in [0.3, 0.4) is 0 Å². The number of nitriles is 1. The van der Waals surface area contributed by atoms with Crippen molar-refractivity contribution in [2.75, 3.05) is 0 Å². The van der Waals surface area contributed by atoms with Gasteiger partial charge in [-0.1, -0.05) is 40.2 Å². The summed E-state index contributed by atoms with van der Waals surface area (Å²) in [5.41, 5.74) is 2.26. The van der Waals surface area contributed by atoms with Crippen molar-refractivity contribution in [2.24, 2.45) is 0 Å². The lowest BCUT2D eigenvalue weighted by Gasteiger charge is -2.07. The molecule has 0 bridgehead atoms. The molecule has 0 atom stereocenters. The van der Waals surface area contributed by atoms with Crippen LogP contribution < -0.4 is 4.72 Å². The SMILES string of the molecule is N#Cc1cccc(CNS(=O)(=O)c2ccc(CBr)cc2)c1. The number of rotatable bonds is 5. The molecule has 0 aromatic heterocycles. The fourth-order valence-corrected chi connectivity index (χ4v) is 3.16. The molecule has 21 heavy (non-hydrogen) atoms. The van der Waals surface area contributed by atoms with E-state index >= 15 is 0 Å². The van der Waals surface area contributed by atoms with E-state index in [1.807, 2.05) is 6.07 Å². The van der Waals surface area contributed by atoms with E-state index in [-0.39, 0.29) is 11.4 Å². The normalized spacial score (nSPS) is 11.0. The average Bonchev–Trinajstić information content (AvgIpc) is 2.53. The third kappa shape index (κ3) is 4.14. The summed E-state index contributed by atoms with van der Waals surface area (Å²) in [6, 6.07) is 15.5. The van der Waals surface area contributed by atoms with Gasteiger partial charge in [0.15, 0.2) is 0 Å². The van der Waals surface area contributed by atoms with Gasteiger partial charge >= 0.3 is 0 Å². The summed E-state index contributed by atoms with van der Waals surface area (Å²) in [6.07, 6.45) is 0. The zero-order chi connectivity index (χ0) is 15.3. The molecule has 2 rings (SSSR count). The molecule has 0 aliphatic rings. The molecule has 0 heterocycles. The molecule has 0 aliphatic heterocycles. The van der Waals surface area contributed by atoms with Crippen LogP contribution in [0.25, 0.3) is 0 Å². The van der Waals surface area contributed by atoms with Gasteiger partial charge in [-0.2, -0.15) is 5.26 Å². The number of alkyl halides is 1. The van der Waals surface area contributed by atoms with Gasteiger partial charge in [-0.15, -0.1) is 0 Å². The van der Waals surface area contributed by atoms with Crippen LogP contribution in [-0.4, -0.2) is 8.42 Å². The number of benzene rings is 2. The highest BCUT2D eigenvalue weighted by molar-refractivity contribution is 9.08. The second kappa shape index (κ2) is 6.85. The molecule has 2 aromatic carbocycles. The van der Waals surface area contributed by atoms with Crippen LogP contribution in [0.4, 0.5) is 0 Å². The summed E-state index contributed by atoms with van der Waals surface area (Å²) in [6.45, 7) is 0.151. The lowest BCUT2D eigenvalue weighted by Crippen LogP contribution is -2.23. The standard InChI is InChI=1S/C15H13BrN2O2S/c16-9-12-4-6-15(7-5-12)21(19,20)18-11-14-3-1-2-13(8-14)10-17/h1-8,18H,9,11H2. The first kappa shape index (κ1) is 15.7. The van der Waals surface area contributed by atoms with Crippen LogP contribution >= 0.6 is 15.9 Å². The summed E-state index contributed by atoms with van der Waals surface area (Å²) < 4.78 is 26.9. The van der Waals surface area contributed by atoms with E-state index in [0.717, 1.165) is 11.1 Å². The van der Waals surface area contributed by atoms with Gasteiger partial charge in [-0.05, 0) is 35.4 Å². The minimum absolute atomic E-state index is 0.151. The first-order chi connectivity index (χ1) is 10.0. The van der Waals surface area contributed by atoms with Crippen LogP contribution in [0, 0.1) is 11.3 Å². The van der Waals surface area contributed by atoms with Gasteiger partial charge in [0.2, 0.25) is 10.0 Å². The van der Waals surface area contributed by atoms with Crippen molar-refractivity contribution >= 4 is 26.0 Å². The predicted octanol–water partition coefficient (Wildman–Crippen LogP) is 2.93. The third-order valence-electron chi connectivity index (χ3n) is 2.91. The van der Waals surface area contributed by atoms with Gasteiger partial charge in [-0.25, -0.2) is 13.1 Å². The van der Waals surface area contributed by atoms with Gasteiger partial charge in [0.25, 0.3) is 0 Å².